The van der Waals surface area contributed by atoms with Crippen LogP contribution >= 0.6 is 0 Å². The third-order valence-corrected chi connectivity index (χ3v) is 7.34. The lowest BCUT2D eigenvalue weighted by atomic mass is 9.71. The van der Waals surface area contributed by atoms with Gasteiger partial charge in [0.1, 0.15) is 11.6 Å². The summed E-state index contributed by atoms with van der Waals surface area (Å²) < 4.78 is 0. The number of piperidine rings is 1. The number of carbonyl (C=O) groups excluding carboxylic acids is 1. The van der Waals surface area contributed by atoms with Crippen LogP contribution in [0.3, 0.4) is 0 Å². The Morgan fingerprint density at radius 1 is 0.971 bits per heavy atom. The molecule has 0 unspecified atom stereocenters. The molecule has 0 aliphatic carbocycles. The second kappa shape index (κ2) is 10.3. The van der Waals surface area contributed by atoms with Crippen LogP contribution in [0.4, 0.5) is 0 Å². The lowest BCUT2D eigenvalue weighted by molar-refractivity contribution is -0.0337. The zero-order valence-corrected chi connectivity index (χ0v) is 20.9. The van der Waals surface area contributed by atoms with Gasteiger partial charge < -0.3 is 19.8 Å². The number of rotatable bonds is 9. The number of carbonyl (C=O) groups is 1. The van der Waals surface area contributed by atoms with E-state index >= 15 is 0 Å². The van der Waals surface area contributed by atoms with Gasteiger partial charge in [-0.25, -0.2) is 9.97 Å². The number of H-pyrrole nitrogens is 2. The van der Waals surface area contributed by atoms with Gasteiger partial charge in [-0.15, -0.1) is 0 Å². The molecule has 0 atom stereocenters. The summed E-state index contributed by atoms with van der Waals surface area (Å²) in [5, 5.41) is 0. The van der Waals surface area contributed by atoms with Gasteiger partial charge in [0.05, 0.1) is 13.1 Å². The highest BCUT2D eigenvalue weighted by molar-refractivity contribution is 5.94. The number of nitrogens with zero attached hydrogens (tertiary/aromatic N) is 5. The summed E-state index contributed by atoms with van der Waals surface area (Å²) in [7, 11) is 0. The lowest BCUT2D eigenvalue weighted by Crippen LogP contribution is -2.62. The Morgan fingerprint density at radius 3 is 2.09 bits per heavy atom. The molecule has 4 heterocycles. The zero-order chi connectivity index (χ0) is 24.3. The molecule has 8 nitrogen and oxygen atoms in total. The van der Waals surface area contributed by atoms with Crippen LogP contribution in [-0.4, -0.2) is 73.3 Å². The van der Waals surface area contributed by atoms with E-state index in [1.807, 2.05) is 29.4 Å². The molecule has 8 heteroatoms. The third kappa shape index (κ3) is 5.82. The summed E-state index contributed by atoms with van der Waals surface area (Å²) in [6.07, 6.45) is 9.66. The fourth-order valence-electron chi connectivity index (χ4n) is 5.50. The number of likely N-dealkylation sites (tertiary alicyclic amines) is 2. The first-order valence-electron chi connectivity index (χ1n) is 12.8. The van der Waals surface area contributed by atoms with Gasteiger partial charge >= 0.3 is 0 Å². The first-order valence-corrected chi connectivity index (χ1v) is 12.8. The summed E-state index contributed by atoms with van der Waals surface area (Å²) >= 11 is 0. The predicted octanol–water partition coefficient (Wildman–Crippen LogP) is 3.53. The van der Waals surface area contributed by atoms with E-state index in [4.69, 9.17) is 0 Å². The number of aromatic nitrogens is 4. The second-order valence-corrected chi connectivity index (χ2v) is 10.8. The Kier molecular flexibility index (Phi) is 7.02. The number of hydrogen-bond donors (Lipinski definition) is 2. The highest BCUT2D eigenvalue weighted by atomic mass is 16.2. The van der Waals surface area contributed by atoms with Gasteiger partial charge in [-0.2, -0.15) is 0 Å². The molecule has 186 valence electrons. The molecule has 0 bridgehead atoms. The van der Waals surface area contributed by atoms with Crippen LogP contribution in [0.15, 0.2) is 49.1 Å². The molecule has 0 radical (unpaired) electrons. The minimum atomic E-state index is 0.162. The van der Waals surface area contributed by atoms with Crippen molar-refractivity contribution in [2.24, 2.45) is 11.3 Å². The minimum Gasteiger partial charge on any atom is -0.348 e. The fraction of sp³-hybridized carbons (Fsp3) is 0.519. The largest absolute Gasteiger partial charge is 0.348 e. The van der Waals surface area contributed by atoms with Gasteiger partial charge in [0.25, 0.3) is 5.91 Å². The number of benzene rings is 1. The number of hydrogen-bond acceptors (Lipinski definition) is 5. The van der Waals surface area contributed by atoms with E-state index in [9.17, 15) is 4.79 Å². The van der Waals surface area contributed by atoms with E-state index in [2.05, 4.69) is 55.7 Å². The van der Waals surface area contributed by atoms with Crippen molar-refractivity contribution in [1.82, 2.24) is 34.6 Å². The van der Waals surface area contributed by atoms with E-state index in [1.165, 1.54) is 32.5 Å². The molecular formula is C27H37N7O. The Balaban J connectivity index is 1.15. The maximum atomic E-state index is 13.1. The first-order chi connectivity index (χ1) is 17.0. The van der Waals surface area contributed by atoms with Crippen LogP contribution in [-0.2, 0) is 19.6 Å². The van der Waals surface area contributed by atoms with Crippen LogP contribution in [0.1, 0.15) is 54.3 Å². The molecule has 5 rings (SSSR count). The Labute approximate surface area is 207 Å². The molecule has 1 spiro atoms. The Morgan fingerprint density at radius 2 is 1.57 bits per heavy atom. The van der Waals surface area contributed by atoms with Crippen molar-refractivity contribution in [3.63, 3.8) is 0 Å². The molecule has 2 aliphatic rings. The lowest BCUT2D eigenvalue weighted by Gasteiger charge is -2.54. The van der Waals surface area contributed by atoms with Crippen LogP contribution in [0.25, 0.3) is 0 Å². The monoisotopic (exact) mass is 475 g/mol. The van der Waals surface area contributed by atoms with Gasteiger partial charge in [0.15, 0.2) is 0 Å². The summed E-state index contributed by atoms with van der Waals surface area (Å²) in [6, 6.07) is 8.10. The molecule has 0 saturated carbocycles. The zero-order valence-electron chi connectivity index (χ0n) is 20.9. The molecular weight excluding hydrogens is 438 g/mol. The van der Waals surface area contributed by atoms with Gasteiger partial charge in [-0.3, -0.25) is 9.69 Å². The van der Waals surface area contributed by atoms with Crippen molar-refractivity contribution in [2.45, 2.75) is 46.3 Å². The standard InChI is InChI=1S/C27H37N7O/c1-21(2)15-32-13-7-27(8-14-32)19-34(20-27)26(35)23-5-3-22(4-6-23)16-33(17-24-28-9-10-29-24)18-25-30-11-12-31-25/h3-6,9-12,21H,7-8,13-20H2,1-2H3,(H,28,29)(H,30,31). The molecule has 2 fully saturated rings. The number of amides is 1. The number of nitrogens with one attached hydrogen (secondary N) is 2. The highest BCUT2D eigenvalue weighted by Crippen LogP contribution is 2.41. The van der Waals surface area contributed by atoms with Crippen molar-refractivity contribution >= 4 is 5.91 Å². The summed E-state index contributed by atoms with van der Waals surface area (Å²) in [6.45, 7) is 12.0. The van der Waals surface area contributed by atoms with Crippen LogP contribution in [0, 0.1) is 11.3 Å². The maximum absolute atomic E-state index is 13.1. The molecule has 2 aliphatic heterocycles. The van der Waals surface area contributed by atoms with Crippen molar-refractivity contribution < 1.29 is 4.79 Å². The van der Waals surface area contributed by atoms with Gasteiger partial charge in [-0.05, 0) is 49.5 Å². The third-order valence-electron chi connectivity index (χ3n) is 7.34. The Bertz CT molecular complexity index is 1020. The quantitative estimate of drug-likeness (QED) is 0.495. The molecule has 1 aromatic carbocycles. The average molecular weight is 476 g/mol. The van der Waals surface area contributed by atoms with Crippen molar-refractivity contribution in [1.29, 1.82) is 0 Å². The molecule has 2 saturated heterocycles. The molecule has 2 aromatic heterocycles. The molecule has 2 N–H and O–H groups in total. The first kappa shape index (κ1) is 23.8. The van der Waals surface area contributed by atoms with Gasteiger partial charge in [0, 0.05) is 61.9 Å². The van der Waals surface area contributed by atoms with Crippen molar-refractivity contribution in [3.8, 4) is 0 Å². The van der Waals surface area contributed by atoms with Crippen LogP contribution < -0.4 is 0 Å². The Hall–Kier alpha value is -2.97. The average Bonchev–Trinajstić information content (AvgIpc) is 3.52. The SMILES string of the molecule is CC(C)CN1CCC2(CC1)CN(C(=O)c1ccc(CN(Cc3ncc[nH]3)Cc3ncc[nH]3)cc1)C2. The molecule has 1 amide bonds. The molecule has 3 aromatic rings. The second-order valence-electron chi connectivity index (χ2n) is 10.8. The fourth-order valence-corrected chi connectivity index (χ4v) is 5.50. The number of aromatic amines is 2. The van der Waals surface area contributed by atoms with E-state index in [1.54, 1.807) is 12.4 Å². The minimum absolute atomic E-state index is 0.162. The number of imidazole rings is 2. The summed E-state index contributed by atoms with van der Waals surface area (Å²) in [5.41, 5.74) is 2.29. The van der Waals surface area contributed by atoms with Crippen molar-refractivity contribution in [3.05, 3.63) is 71.8 Å². The summed E-state index contributed by atoms with van der Waals surface area (Å²) in [5.74, 6) is 2.72. The van der Waals surface area contributed by atoms with Gasteiger partial charge in [-0.1, -0.05) is 26.0 Å². The topological polar surface area (TPSA) is 84.2 Å². The van der Waals surface area contributed by atoms with E-state index in [0.29, 0.717) is 24.4 Å². The highest BCUT2D eigenvalue weighted by Gasteiger charge is 2.46. The maximum Gasteiger partial charge on any atom is 0.253 e. The summed E-state index contributed by atoms with van der Waals surface area (Å²) in [4.78, 5) is 35.1. The van der Waals surface area contributed by atoms with E-state index in [-0.39, 0.29) is 5.91 Å². The van der Waals surface area contributed by atoms with E-state index < -0.39 is 0 Å². The predicted molar refractivity (Wildman–Crippen MR) is 135 cm³/mol. The molecule has 35 heavy (non-hydrogen) atoms. The van der Waals surface area contributed by atoms with Crippen molar-refractivity contribution in [2.75, 3.05) is 32.7 Å². The smallest absolute Gasteiger partial charge is 0.253 e. The van der Waals surface area contributed by atoms with Crippen LogP contribution in [0.2, 0.25) is 0 Å². The normalized spacial score (nSPS) is 17.9. The van der Waals surface area contributed by atoms with Gasteiger partial charge in [0.2, 0.25) is 0 Å². The van der Waals surface area contributed by atoms with Crippen LogP contribution in [0.5, 0.6) is 0 Å². The van der Waals surface area contributed by atoms with E-state index in [0.717, 1.165) is 42.4 Å².